The second-order valence-electron chi connectivity index (χ2n) is 1.41. The lowest BCUT2D eigenvalue weighted by atomic mass is 10.6. The zero-order valence-electron chi connectivity index (χ0n) is 8.17. The third-order valence-electron chi connectivity index (χ3n) is 0. The third-order valence-corrected chi connectivity index (χ3v) is 0. The van der Waals surface area contributed by atoms with Crippen LogP contribution in [0, 0.1) is 0 Å². The van der Waals surface area contributed by atoms with E-state index in [4.69, 9.17) is 0 Å². The lowest BCUT2D eigenvalue weighted by molar-refractivity contribution is 1.09. The molecule has 0 bridgehead atoms. The molecule has 0 amide bonds. The topological polar surface area (TPSA) is 0 Å². The van der Waals surface area contributed by atoms with Crippen LogP contribution in [-0.2, 0) is 0 Å². The molecule has 0 heterocycles. The Morgan fingerprint density at radius 3 is 0.667 bits per heavy atom. The molecule has 0 rings (SSSR count). The number of hydrogen-bond donors (Lipinski definition) is 0. The van der Waals surface area contributed by atoms with Crippen LogP contribution >= 0.6 is 37.2 Å². The van der Waals surface area contributed by atoms with E-state index in [0.717, 1.165) is 0 Å². The van der Waals surface area contributed by atoms with Gasteiger partial charge in [-0.25, -0.2) is 0 Å². The van der Waals surface area contributed by atoms with Crippen molar-refractivity contribution in [2.24, 2.45) is 0 Å². The van der Waals surface area contributed by atoms with Crippen LogP contribution in [0.1, 0.15) is 69.2 Å². The lowest BCUT2D eigenvalue weighted by Gasteiger charge is -1.48. The molecule has 0 saturated carbocycles. The van der Waals surface area contributed by atoms with Crippen LogP contribution in [0.2, 0.25) is 0 Å². The SMILES string of the molecule is C.C.CC.CCC.CCC.II. The Hall–Kier alpha value is 1.46. The van der Waals surface area contributed by atoms with Crippen LogP contribution in [0.15, 0.2) is 0 Å². The number of hydrogen-bond acceptors (Lipinski definition) is 0. The molecule has 0 aliphatic rings. The predicted octanol–water partition coefficient (Wildman–Crippen LogP) is 6.90. The molecular formula is C10H30I2. The average Bonchev–Trinajstić information content (AvgIpc) is 1.99. The molecule has 0 N–H and O–H groups in total. The Morgan fingerprint density at radius 1 is 0.667 bits per heavy atom. The first kappa shape index (κ1) is 37.5. The van der Waals surface area contributed by atoms with Crippen molar-refractivity contribution in [1.82, 2.24) is 0 Å². The molecule has 0 aromatic heterocycles. The van der Waals surface area contributed by atoms with Crippen LogP contribution in [0.25, 0.3) is 0 Å². The van der Waals surface area contributed by atoms with Gasteiger partial charge in [-0.3, -0.25) is 0 Å². The van der Waals surface area contributed by atoms with Crippen molar-refractivity contribution >= 4 is 37.2 Å². The molecule has 12 heavy (non-hydrogen) atoms. The summed E-state index contributed by atoms with van der Waals surface area (Å²) in [6, 6.07) is 0. The largest absolute Gasteiger partial charge is 0.0776 e. The van der Waals surface area contributed by atoms with Crippen LogP contribution in [0.4, 0.5) is 0 Å². The molecule has 0 fully saturated rings. The first-order valence-electron chi connectivity index (χ1n) is 3.97. The maximum atomic E-state index is 2.12. The molecule has 0 aliphatic carbocycles. The molecule has 0 aliphatic heterocycles. The van der Waals surface area contributed by atoms with Gasteiger partial charge in [0, 0.05) is 37.2 Å². The number of rotatable bonds is 0. The smallest absolute Gasteiger partial charge is 0 e. The first-order chi connectivity index (χ1) is 4.83. The minimum absolute atomic E-state index is 0. The summed E-state index contributed by atoms with van der Waals surface area (Å²) in [5.74, 6) is 0. The molecule has 0 nitrogen and oxygen atoms in total. The van der Waals surface area contributed by atoms with E-state index in [2.05, 4.69) is 64.9 Å². The van der Waals surface area contributed by atoms with E-state index in [1.165, 1.54) is 12.8 Å². The van der Waals surface area contributed by atoms with Crippen LogP contribution in [0.5, 0.6) is 0 Å². The van der Waals surface area contributed by atoms with E-state index in [9.17, 15) is 0 Å². The maximum Gasteiger partial charge on any atom is 0 e. The molecular weight excluding hydrogens is 374 g/mol. The second-order valence-corrected chi connectivity index (χ2v) is 1.41. The molecule has 84 valence electrons. The van der Waals surface area contributed by atoms with Crippen molar-refractivity contribution in [3.63, 3.8) is 0 Å². The van der Waals surface area contributed by atoms with Crippen molar-refractivity contribution in [3.8, 4) is 0 Å². The fourth-order valence-corrected chi connectivity index (χ4v) is 0. The molecule has 0 unspecified atom stereocenters. The fourth-order valence-electron chi connectivity index (χ4n) is 0. The summed E-state index contributed by atoms with van der Waals surface area (Å²) < 4.78 is 0. The van der Waals surface area contributed by atoms with E-state index >= 15 is 0 Å². The fraction of sp³-hybridized carbons (Fsp3) is 1.00. The van der Waals surface area contributed by atoms with E-state index < -0.39 is 0 Å². The Morgan fingerprint density at radius 2 is 0.667 bits per heavy atom. The summed E-state index contributed by atoms with van der Waals surface area (Å²) in [6.45, 7) is 12.5. The van der Waals surface area contributed by atoms with Gasteiger partial charge in [0.05, 0.1) is 0 Å². The molecule has 0 aromatic rings. The highest BCUT2D eigenvalue weighted by Crippen LogP contribution is 1.89. The van der Waals surface area contributed by atoms with Gasteiger partial charge in [0.1, 0.15) is 0 Å². The molecule has 0 spiro atoms. The van der Waals surface area contributed by atoms with Crippen molar-refractivity contribution in [2.45, 2.75) is 69.2 Å². The van der Waals surface area contributed by atoms with Crippen molar-refractivity contribution < 1.29 is 0 Å². The van der Waals surface area contributed by atoms with E-state index in [-0.39, 0.29) is 14.9 Å². The zero-order chi connectivity index (χ0) is 9.41. The Labute approximate surface area is 106 Å². The summed E-state index contributed by atoms with van der Waals surface area (Å²) >= 11 is 4.24. The van der Waals surface area contributed by atoms with Gasteiger partial charge >= 0.3 is 0 Å². The molecule has 0 atom stereocenters. The molecule has 2 heteroatoms. The van der Waals surface area contributed by atoms with E-state index in [1.54, 1.807) is 0 Å². The highest BCUT2D eigenvalue weighted by molar-refractivity contribution is 15.0. The van der Waals surface area contributed by atoms with Crippen molar-refractivity contribution in [1.29, 1.82) is 0 Å². The summed E-state index contributed by atoms with van der Waals surface area (Å²) in [5, 5.41) is 0. The van der Waals surface area contributed by atoms with Gasteiger partial charge in [-0.1, -0.05) is 69.2 Å². The molecule has 0 aromatic carbocycles. The van der Waals surface area contributed by atoms with Gasteiger partial charge in [-0.05, 0) is 0 Å². The average molecular weight is 404 g/mol. The van der Waals surface area contributed by atoms with Crippen molar-refractivity contribution in [2.75, 3.05) is 0 Å². The quantitative estimate of drug-likeness (QED) is 0.385. The summed E-state index contributed by atoms with van der Waals surface area (Å²) in [4.78, 5) is 0. The summed E-state index contributed by atoms with van der Waals surface area (Å²) in [6.07, 6.45) is 2.50. The molecule has 0 radical (unpaired) electrons. The lowest BCUT2D eigenvalue weighted by Crippen LogP contribution is -1.27. The minimum Gasteiger partial charge on any atom is -0.0776 e. The van der Waals surface area contributed by atoms with Gasteiger partial charge in [-0.15, -0.1) is 0 Å². The Kier molecular flexibility index (Phi) is 428. The summed E-state index contributed by atoms with van der Waals surface area (Å²) in [7, 11) is 0. The van der Waals surface area contributed by atoms with Crippen LogP contribution in [-0.4, -0.2) is 0 Å². The first-order valence-corrected chi connectivity index (χ1v) is 10.3. The predicted molar refractivity (Wildman–Crippen MR) is 84.8 cm³/mol. The Bertz CT molecular complexity index is 9.80. The van der Waals surface area contributed by atoms with Gasteiger partial charge in [0.25, 0.3) is 0 Å². The van der Waals surface area contributed by atoms with Crippen LogP contribution < -0.4 is 0 Å². The third kappa shape index (κ3) is 588. The van der Waals surface area contributed by atoms with Gasteiger partial charge in [0.2, 0.25) is 0 Å². The second kappa shape index (κ2) is 137. The van der Waals surface area contributed by atoms with Gasteiger partial charge < -0.3 is 0 Å². The number of halogens is 2. The maximum absolute atomic E-state index is 2.12. The van der Waals surface area contributed by atoms with E-state index in [0.29, 0.717) is 0 Å². The Balaban J connectivity index is -0.00000000967. The standard InChI is InChI=1S/2C3H8.C2H6.2CH4.I2/c2*1-3-2;1-2;;;1-2/h2*3H2,1-2H3;1-2H3;2*1H4;. The highest BCUT2D eigenvalue weighted by atomic mass is 128. The monoisotopic (exact) mass is 404 g/mol. The normalized spacial score (nSPS) is 4.00. The zero-order valence-corrected chi connectivity index (χ0v) is 12.5. The van der Waals surface area contributed by atoms with Gasteiger partial charge in [-0.2, -0.15) is 0 Å². The summed E-state index contributed by atoms with van der Waals surface area (Å²) in [5.41, 5.74) is 0. The highest BCUT2D eigenvalue weighted by Gasteiger charge is 1.36. The molecule has 0 saturated heterocycles. The van der Waals surface area contributed by atoms with E-state index in [1.807, 2.05) is 13.8 Å². The van der Waals surface area contributed by atoms with Gasteiger partial charge in [0.15, 0.2) is 0 Å². The minimum atomic E-state index is 0. The van der Waals surface area contributed by atoms with Crippen molar-refractivity contribution in [3.05, 3.63) is 0 Å². The van der Waals surface area contributed by atoms with Crippen LogP contribution in [0.3, 0.4) is 0 Å².